The first kappa shape index (κ1) is 29.5. The fourth-order valence-corrected chi connectivity index (χ4v) is 8.79. The molecule has 3 aliphatic carbocycles. The number of rotatable bonds is 4. The molecule has 1 aromatic carbocycles. The van der Waals surface area contributed by atoms with Crippen LogP contribution < -0.4 is 0 Å². The number of carbonyl (C=O) groups is 2. The summed E-state index contributed by atoms with van der Waals surface area (Å²) in [5, 5.41) is 24.5. The Bertz CT molecular complexity index is 1340. The number of aliphatic hydroxyl groups excluding tert-OH is 1. The maximum absolute atomic E-state index is 13.8. The minimum absolute atomic E-state index is 0.0780. The van der Waals surface area contributed by atoms with E-state index in [4.69, 9.17) is 23.7 Å². The van der Waals surface area contributed by atoms with Crippen molar-refractivity contribution in [1.29, 1.82) is 0 Å². The molecule has 42 heavy (non-hydrogen) atoms. The summed E-state index contributed by atoms with van der Waals surface area (Å²) in [6.45, 7) is 14.9. The second-order valence-corrected chi connectivity index (χ2v) is 13.7. The van der Waals surface area contributed by atoms with Gasteiger partial charge in [0, 0.05) is 24.2 Å². The van der Waals surface area contributed by atoms with E-state index in [1.165, 1.54) is 6.92 Å². The quantitative estimate of drug-likeness (QED) is 0.403. The number of hydrogen-bond acceptors (Lipinski definition) is 9. The number of carbonyl (C=O) groups excluding carboxylic acids is 2. The molecule has 2 saturated carbocycles. The zero-order valence-corrected chi connectivity index (χ0v) is 25.2. The summed E-state index contributed by atoms with van der Waals surface area (Å²) in [7, 11) is 0. The van der Waals surface area contributed by atoms with Crippen molar-refractivity contribution in [1.82, 2.24) is 0 Å². The Morgan fingerprint density at radius 1 is 1.12 bits per heavy atom. The van der Waals surface area contributed by atoms with Gasteiger partial charge in [0.15, 0.2) is 11.4 Å². The maximum Gasteiger partial charge on any atom is 0.338 e. The van der Waals surface area contributed by atoms with Crippen molar-refractivity contribution in [3.8, 4) is 0 Å². The molecule has 2 N–H and O–H groups in total. The van der Waals surface area contributed by atoms with Crippen LogP contribution in [0.15, 0.2) is 54.1 Å². The lowest BCUT2D eigenvalue weighted by molar-refractivity contribution is -0.346. The van der Waals surface area contributed by atoms with Crippen molar-refractivity contribution in [2.45, 2.75) is 108 Å². The van der Waals surface area contributed by atoms with Crippen molar-refractivity contribution < 1.29 is 43.5 Å². The molecule has 10 atom stereocenters. The highest BCUT2D eigenvalue weighted by atomic mass is 16.8. The van der Waals surface area contributed by atoms with Gasteiger partial charge in [0.05, 0.1) is 30.3 Å². The van der Waals surface area contributed by atoms with Gasteiger partial charge in [-0.3, -0.25) is 4.79 Å². The SMILES string of the molecule is C=CC1(C)O[C@@H]2C3=C(C)[C@@H](O)C[C@@](O)([C@@H](OC(=O)c4ccccc4)[C@H]4[C@@](C)(CC[C@H]5OC[C@]54OC(C)=O)[C@@H]2O1)C3(C)C. The van der Waals surface area contributed by atoms with Gasteiger partial charge < -0.3 is 33.9 Å². The fraction of sp³-hybridized carbons (Fsp3) is 0.636. The summed E-state index contributed by atoms with van der Waals surface area (Å²) in [4.78, 5) is 26.6. The van der Waals surface area contributed by atoms with E-state index < -0.39 is 76.2 Å². The minimum Gasteiger partial charge on any atom is -0.455 e. The molecule has 0 spiro atoms. The van der Waals surface area contributed by atoms with Gasteiger partial charge >= 0.3 is 11.9 Å². The lowest BCUT2D eigenvalue weighted by Crippen LogP contribution is -2.79. The van der Waals surface area contributed by atoms with Crippen molar-refractivity contribution >= 4 is 11.9 Å². The third-order valence-corrected chi connectivity index (χ3v) is 11.1. The largest absolute Gasteiger partial charge is 0.455 e. The van der Waals surface area contributed by atoms with Gasteiger partial charge in [-0.2, -0.15) is 0 Å². The summed E-state index contributed by atoms with van der Waals surface area (Å²) in [5.41, 5.74) is -3.15. The summed E-state index contributed by atoms with van der Waals surface area (Å²) in [6.07, 6.45) is -1.33. The van der Waals surface area contributed by atoms with Crippen LogP contribution in [0.5, 0.6) is 0 Å². The Hall–Kier alpha value is -2.56. The third-order valence-electron chi connectivity index (χ3n) is 11.1. The van der Waals surface area contributed by atoms with Crippen molar-refractivity contribution in [3.05, 3.63) is 59.7 Å². The summed E-state index contributed by atoms with van der Waals surface area (Å²) in [5.74, 6) is -3.04. The second-order valence-electron chi connectivity index (χ2n) is 13.7. The van der Waals surface area contributed by atoms with Crippen LogP contribution in [0.1, 0.15) is 71.2 Å². The topological polar surface area (TPSA) is 121 Å². The van der Waals surface area contributed by atoms with Gasteiger partial charge in [0.1, 0.15) is 23.9 Å². The van der Waals surface area contributed by atoms with Crippen molar-refractivity contribution in [3.63, 3.8) is 0 Å². The monoisotopic (exact) mass is 582 g/mol. The van der Waals surface area contributed by atoms with Crippen LogP contribution in [0.2, 0.25) is 0 Å². The molecule has 228 valence electrons. The second kappa shape index (κ2) is 9.47. The first-order valence-electron chi connectivity index (χ1n) is 14.8. The van der Waals surface area contributed by atoms with Gasteiger partial charge in [-0.05, 0) is 56.0 Å². The molecule has 0 radical (unpaired) electrons. The van der Waals surface area contributed by atoms with E-state index in [-0.39, 0.29) is 13.0 Å². The van der Waals surface area contributed by atoms with E-state index in [0.29, 0.717) is 29.6 Å². The molecule has 2 heterocycles. The number of fused-ring (bicyclic) bond motifs is 8. The van der Waals surface area contributed by atoms with Gasteiger partial charge in [0.2, 0.25) is 0 Å². The molecule has 2 saturated heterocycles. The van der Waals surface area contributed by atoms with Gasteiger partial charge in [-0.1, -0.05) is 45.5 Å². The van der Waals surface area contributed by atoms with E-state index in [1.807, 2.05) is 27.7 Å². The molecule has 6 rings (SSSR count). The van der Waals surface area contributed by atoms with Crippen LogP contribution >= 0.6 is 0 Å². The number of hydrogen-bond donors (Lipinski definition) is 2. The van der Waals surface area contributed by atoms with E-state index in [1.54, 1.807) is 43.3 Å². The summed E-state index contributed by atoms with van der Waals surface area (Å²) in [6, 6.07) is 8.60. The number of benzene rings is 1. The average Bonchev–Trinajstić information content (AvgIpc) is 3.27. The molecule has 2 aliphatic heterocycles. The molecule has 1 unspecified atom stereocenters. The average molecular weight is 583 g/mol. The van der Waals surface area contributed by atoms with E-state index in [9.17, 15) is 19.8 Å². The molecular weight excluding hydrogens is 540 g/mol. The van der Waals surface area contributed by atoms with Crippen LogP contribution in [0.4, 0.5) is 0 Å². The molecule has 0 amide bonds. The van der Waals surface area contributed by atoms with Gasteiger partial charge in [-0.15, -0.1) is 0 Å². The van der Waals surface area contributed by atoms with E-state index in [2.05, 4.69) is 6.58 Å². The highest BCUT2D eigenvalue weighted by Gasteiger charge is 2.77. The molecule has 9 nitrogen and oxygen atoms in total. The van der Waals surface area contributed by atoms with Crippen LogP contribution in [0.25, 0.3) is 0 Å². The predicted octanol–water partition coefficient (Wildman–Crippen LogP) is 3.87. The Balaban J connectivity index is 1.64. The Morgan fingerprint density at radius 3 is 2.40 bits per heavy atom. The standard InChI is InChI=1S/C33H42O9/c1-8-31(7)41-24-23-18(2)21(35)16-33(37,29(23,4)5)27(39-28(36)20-12-10-9-11-13-20)25-30(6,26(24)42-31)15-14-22-32(25,17-38-22)40-19(3)34/h8-13,21-22,24-27,35,37H,1,14-17H2,2-7H3/t21-,22+,24+,25-,26+,27-,30+,31?,32-,33+/m0/s1. The van der Waals surface area contributed by atoms with Crippen molar-refractivity contribution in [2.24, 2.45) is 16.7 Å². The van der Waals surface area contributed by atoms with Crippen LogP contribution in [-0.2, 0) is 28.5 Å². The number of ether oxygens (including phenoxy) is 5. The van der Waals surface area contributed by atoms with Crippen LogP contribution in [0, 0.1) is 16.7 Å². The Kier molecular flexibility index (Phi) is 6.65. The summed E-state index contributed by atoms with van der Waals surface area (Å²) < 4.78 is 32.0. The van der Waals surface area contributed by atoms with Gasteiger partial charge in [-0.25, -0.2) is 4.79 Å². The number of esters is 2. The minimum atomic E-state index is -1.79. The van der Waals surface area contributed by atoms with E-state index in [0.717, 1.165) is 0 Å². The zero-order valence-electron chi connectivity index (χ0n) is 25.2. The first-order valence-corrected chi connectivity index (χ1v) is 14.8. The normalized spacial score (nSPS) is 45.2. The van der Waals surface area contributed by atoms with E-state index >= 15 is 0 Å². The summed E-state index contributed by atoms with van der Waals surface area (Å²) >= 11 is 0. The molecule has 0 aromatic heterocycles. The first-order chi connectivity index (χ1) is 19.6. The third kappa shape index (κ3) is 3.86. The molecule has 5 aliphatic rings. The number of aliphatic hydroxyl groups is 2. The van der Waals surface area contributed by atoms with Crippen LogP contribution in [0.3, 0.4) is 0 Å². The molecule has 2 bridgehead atoms. The predicted molar refractivity (Wildman–Crippen MR) is 151 cm³/mol. The lowest BCUT2D eigenvalue weighted by Gasteiger charge is -2.68. The zero-order chi connectivity index (χ0) is 30.5. The Labute approximate surface area is 246 Å². The molecule has 9 heteroatoms. The highest BCUT2D eigenvalue weighted by molar-refractivity contribution is 5.89. The molecular formula is C33H42O9. The van der Waals surface area contributed by atoms with Crippen molar-refractivity contribution in [2.75, 3.05) is 6.61 Å². The molecule has 4 fully saturated rings. The Morgan fingerprint density at radius 2 is 1.81 bits per heavy atom. The maximum atomic E-state index is 13.8. The lowest BCUT2D eigenvalue weighted by atomic mass is 9.45. The smallest absolute Gasteiger partial charge is 0.338 e. The van der Waals surface area contributed by atoms with Crippen LogP contribution in [-0.4, -0.2) is 76.3 Å². The molecule has 1 aromatic rings. The van der Waals surface area contributed by atoms with Gasteiger partial charge in [0.25, 0.3) is 0 Å². The fourth-order valence-electron chi connectivity index (χ4n) is 8.79. The highest BCUT2D eigenvalue weighted by Crippen LogP contribution is 2.67.